The minimum atomic E-state index is -0.519. The Hall–Kier alpha value is -4.07. The van der Waals surface area contributed by atoms with Crippen molar-refractivity contribution in [2.24, 2.45) is 10.8 Å². The Morgan fingerprint density at radius 1 is 0.842 bits per heavy atom. The van der Waals surface area contributed by atoms with Crippen LogP contribution in [0, 0.1) is 20.9 Å². The molecule has 3 aliphatic rings. The quantitative estimate of drug-likeness (QED) is 0.381. The maximum Gasteiger partial charge on any atom is 0.269 e. The van der Waals surface area contributed by atoms with E-state index in [-0.39, 0.29) is 28.1 Å². The number of rotatable bonds is 4. The molecule has 0 saturated heterocycles. The third-order valence-electron chi connectivity index (χ3n) is 7.42. The van der Waals surface area contributed by atoms with Crippen LogP contribution in [0.1, 0.15) is 75.2 Å². The molecule has 0 aromatic heterocycles. The summed E-state index contributed by atoms with van der Waals surface area (Å²) in [5, 5.41) is 13.7. The monoisotopic (exact) mass is 514 g/mol. The highest BCUT2D eigenvalue weighted by molar-refractivity contribution is 6.07. The Morgan fingerprint density at radius 2 is 1.34 bits per heavy atom. The first-order valence-corrected chi connectivity index (χ1v) is 12.7. The van der Waals surface area contributed by atoms with Gasteiger partial charge in [-0.2, -0.15) is 0 Å². The summed E-state index contributed by atoms with van der Waals surface area (Å²) >= 11 is 0. The molecule has 38 heavy (non-hydrogen) atoms. The maximum absolute atomic E-state index is 13.4. The van der Waals surface area contributed by atoms with Gasteiger partial charge in [-0.1, -0.05) is 39.8 Å². The molecule has 8 heteroatoms. The molecule has 2 aromatic rings. The summed E-state index contributed by atoms with van der Waals surface area (Å²) in [6.07, 6.45) is 2.02. The highest BCUT2D eigenvalue weighted by Gasteiger charge is 2.47. The molecule has 0 radical (unpaired) electrons. The van der Waals surface area contributed by atoms with Crippen LogP contribution in [0.3, 0.4) is 0 Å². The van der Waals surface area contributed by atoms with Gasteiger partial charge >= 0.3 is 0 Å². The lowest BCUT2D eigenvalue weighted by Gasteiger charge is -2.42. The van der Waals surface area contributed by atoms with Crippen molar-refractivity contribution < 1.29 is 24.0 Å². The van der Waals surface area contributed by atoms with E-state index in [1.807, 2.05) is 12.1 Å². The highest BCUT2D eigenvalue weighted by Crippen LogP contribution is 2.53. The van der Waals surface area contributed by atoms with Gasteiger partial charge in [-0.15, -0.1) is 0 Å². The van der Waals surface area contributed by atoms with Gasteiger partial charge in [0.25, 0.3) is 11.6 Å². The van der Waals surface area contributed by atoms with Crippen molar-refractivity contribution in [2.75, 3.05) is 5.32 Å². The number of ketones is 2. The number of Topliss-reactive ketones (excluding diaryl/α,β-unsaturated/α-hetero) is 2. The number of nitro benzene ring substituents is 1. The smallest absolute Gasteiger partial charge is 0.269 e. The number of anilines is 1. The van der Waals surface area contributed by atoms with Crippen molar-refractivity contribution >= 4 is 28.8 Å². The minimum Gasteiger partial charge on any atom is -0.465 e. The molecule has 0 saturated carbocycles. The van der Waals surface area contributed by atoms with Crippen LogP contribution in [0.5, 0.6) is 0 Å². The molecule has 8 nitrogen and oxygen atoms in total. The van der Waals surface area contributed by atoms with Crippen molar-refractivity contribution in [3.63, 3.8) is 0 Å². The largest absolute Gasteiger partial charge is 0.465 e. The molecular formula is C30H30N2O6. The summed E-state index contributed by atoms with van der Waals surface area (Å²) in [6, 6.07) is 12.5. The summed E-state index contributed by atoms with van der Waals surface area (Å²) in [6.45, 7) is 8.20. The van der Waals surface area contributed by atoms with E-state index >= 15 is 0 Å². The topological polar surface area (TPSA) is 116 Å². The number of carbonyl (C=O) groups excluding carboxylic acids is 3. The molecule has 2 aliphatic carbocycles. The van der Waals surface area contributed by atoms with Crippen molar-refractivity contribution in [1.29, 1.82) is 0 Å². The number of carbonyl (C=O) groups is 3. The number of non-ortho nitro benzene ring substituents is 1. The summed E-state index contributed by atoms with van der Waals surface area (Å²) < 4.78 is 6.33. The lowest BCUT2D eigenvalue weighted by atomic mass is 9.65. The molecule has 1 amide bonds. The van der Waals surface area contributed by atoms with Gasteiger partial charge < -0.3 is 10.1 Å². The molecule has 2 aromatic carbocycles. The van der Waals surface area contributed by atoms with Crippen molar-refractivity contribution in [3.05, 3.63) is 92.4 Å². The first kappa shape index (κ1) is 25.6. The third kappa shape index (κ3) is 4.78. The lowest BCUT2D eigenvalue weighted by Crippen LogP contribution is -2.37. The molecule has 0 unspecified atom stereocenters. The number of nitrogens with one attached hydrogen (secondary N) is 1. The SMILES string of the molecule is CC1(C)CC(=O)C2=C(C1)OC1=C(C(=O)CC(C)(C)C1)C2c1ccc(NC(=O)c2ccc([N+](=O)[O-])cc2)cc1. The Labute approximate surface area is 220 Å². The Kier molecular flexibility index (Phi) is 6.09. The highest BCUT2D eigenvalue weighted by atomic mass is 16.6. The van der Waals surface area contributed by atoms with Gasteiger partial charge in [-0.05, 0) is 40.7 Å². The molecule has 196 valence electrons. The second-order valence-electron chi connectivity index (χ2n) is 12.0. The Balaban J connectivity index is 1.47. The van der Waals surface area contributed by atoms with E-state index in [9.17, 15) is 24.5 Å². The normalized spacial score (nSPS) is 20.4. The molecule has 1 N–H and O–H groups in total. The van der Waals surface area contributed by atoms with Crippen LogP contribution in [-0.4, -0.2) is 22.4 Å². The zero-order valence-corrected chi connectivity index (χ0v) is 21.9. The second kappa shape index (κ2) is 9.04. The Morgan fingerprint density at radius 3 is 1.82 bits per heavy atom. The van der Waals surface area contributed by atoms with Gasteiger partial charge in [-0.25, -0.2) is 0 Å². The number of hydrogen-bond donors (Lipinski definition) is 1. The van der Waals surface area contributed by atoms with E-state index in [0.29, 0.717) is 59.6 Å². The van der Waals surface area contributed by atoms with E-state index in [2.05, 4.69) is 33.0 Å². The maximum atomic E-state index is 13.4. The fourth-order valence-electron chi connectivity index (χ4n) is 5.70. The van der Waals surface area contributed by atoms with E-state index in [1.165, 1.54) is 24.3 Å². The van der Waals surface area contributed by atoms with Gasteiger partial charge in [-0.3, -0.25) is 24.5 Å². The van der Waals surface area contributed by atoms with Gasteiger partial charge in [0.15, 0.2) is 11.6 Å². The first-order valence-electron chi connectivity index (χ1n) is 12.7. The number of nitro groups is 1. The van der Waals surface area contributed by atoms with E-state index in [1.54, 1.807) is 12.1 Å². The first-order chi connectivity index (χ1) is 17.8. The van der Waals surface area contributed by atoms with Gasteiger partial charge in [0, 0.05) is 66.1 Å². The predicted molar refractivity (Wildman–Crippen MR) is 141 cm³/mol. The molecule has 0 fully saturated rings. The van der Waals surface area contributed by atoms with Crippen molar-refractivity contribution in [3.8, 4) is 0 Å². The third-order valence-corrected chi connectivity index (χ3v) is 7.42. The molecular weight excluding hydrogens is 484 g/mol. The lowest BCUT2D eigenvalue weighted by molar-refractivity contribution is -0.384. The number of benzene rings is 2. The zero-order valence-electron chi connectivity index (χ0n) is 21.9. The van der Waals surface area contributed by atoms with Crippen LogP contribution in [0.25, 0.3) is 0 Å². The molecule has 1 heterocycles. The van der Waals surface area contributed by atoms with E-state index in [4.69, 9.17) is 4.74 Å². The summed E-state index contributed by atoms with van der Waals surface area (Å²) in [4.78, 5) is 49.8. The van der Waals surface area contributed by atoms with Crippen molar-refractivity contribution in [1.82, 2.24) is 0 Å². The van der Waals surface area contributed by atoms with Crippen LogP contribution in [0.15, 0.2) is 71.2 Å². The minimum absolute atomic E-state index is 0.000911. The molecule has 0 atom stereocenters. The summed E-state index contributed by atoms with van der Waals surface area (Å²) in [5.74, 6) is 0.428. The Bertz CT molecular complexity index is 1380. The van der Waals surface area contributed by atoms with Crippen LogP contribution in [-0.2, 0) is 14.3 Å². The van der Waals surface area contributed by atoms with Gasteiger partial charge in [0.05, 0.1) is 4.92 Å². The van der Waals surface area contributed by atoms with E-state index in [0.717, 1.165) is 5.56 Å². The number of hydrogen-bond acceptors (Lipinski definition) is 6. The summed E-state index contributed by atoms with van der Waals surface area (Å²) in [7, 11) is 0. The number of allylic oxidation sites excluding steroid dienone is 4. The fourth-order valence-corrected chi connectivity index (χ4v) is 5.70. The standard InChI is InChI=1S/C30H30N2O6/c1-29(2)13-21(33)26-23(15-29)38-24-16-30(3,4)14-22(34)27(24)25(26)17-5-9-19(10-6-17)31-28(35)18-7-11-20(12-8-18)32(36)37/h5-12,25H,13-16H2,1-4H3,(H,31,35). The molecule has 0 spiro atoms. The average molecular weight is 515 g/mol. The van der Waals surface area contributed by atoms with E-state index < -0.39 is 16.7 Å². The predicted octanol–water partition coefficient (Wildman–Crippen LogP) is 6.25. The van der Waals surface area contributed by atoms with Crippen molar-refractivity contribution in [2.45, 2.75) is 59.3 Å². The van der Waals surface area contributed by atoms with Gasteiger partial charge in [0.1, 0.15) is 11.5 Å². The average Bonchev–Trinajstić information content (AvgIpc) is 2.81. The fraction of sp³-hybridized carbons (Fsp3) is 0.367. The molecule has 5 rings (SSSR count). The van der Waals surface area contributed by atoms with Crippen LogP contribution < -0.4 is 5.32 Å². The van der Waals surface area contributed by atoms with Crippen LogP contribution in [0.4, 0.5) is 11.4 Å². The van der Waals surface area contributed by atoms with Crippen LogP contribution in [0.2, 0.25) is 0 Å². The molecule has 1 aliphatic heterocycles. The number of ether oxygens (including phenoxy) is 1. The molecule has 0 bridgehead atoms. The second-order valence-corrected chi connectivity index (χ2v) is 12.0. The number of nitrogens with zero attached hydrogens (tertiary/aromatic N) is 1. The van der Waals surface area contributed by atoms with Crippen LogP contribution >= 0.6 is 0 Å². The summed E-state index contributed by atoms with van der Waals surface area (Å²) in [5.41, 5.74) is 2.21. The number of amides is 1. The zero-order chi connectivity index (χ0) is 27.4. The van der Waals surface area contributed by atoms with Gasteiger partial charge in [0.2, 0.25) is 0 Å².